The molecule has 0 saturated carbocycles. The fourth-order valence-corrected chi connectivity index (χ4v) is 2.05. The van der Waals surface area contributed by atoms with E-state index < -0.39 is 6.09 Å². The maximum absolute atomic E-state index is 11.2. The first kappa shape index (κ1) is 15.5. The maximum atomic E-state index is 11.2. The van der Waals surface area contributed by atoms with E-state index in [1.54, 1.807) is 12.1 Å². The van der Waals surface area contributed by atoms with Crippen LogP contribution in [-0.4, -0.2) is 40.0 Å². The summed E-state index contributed by atoms with van der Waals surface area (Å²) in [5.41, 5.74) is 0.923. The molecule has 1 atom stereocenters. The second kappa shape index (κ2) is 7.24. The van der Waals surface area contributed by atoms with Crippen LogP contribution < -0.4 is 5.32 Å². The van der Waals surface area contributed by atoms with E-state index in [0.29, 0.717) is 16.5 Å². The third kappa shape index (κ3) is 4.30. The lowest BCUT2D eigenvalue weighted by atomic mass is 10.1. The Balaban J connectivity index is 2.11. The minimum Gasteiger partial charge on any atom is -0.447 e. The number of nitrogens with zero attached hydrogens (tertiary/aromatic N) is 4. The summed E-state index contributed by atoms with van der Waals surface area (Å²) in [5, 5.41) is 14.8. The van der Waals surface area contributed by atoms with Crippen LogP contribution in [0.15, 0.2) is 24.5 Å². The molecule has 7 nitrogen and oxygen atoms in total. The average molecular weight is 330 g/mol. The molecule has 0 saturated heterocycles. The fraction of sp³-hybridized carbons (Fsp3) is 0.333. The number of aromatic nitrogens is 4. The van der Waals surface area contributed by atoms with Gasteiger partial charge in [0.15, 0.2) is 6.33 Å². The fourth-order valence-electron chi connectivity index (χ4n) is 1.73. The van der Waals surface area contributed by atoms with Gasteiger partial charge in [-0.1, -0.05) is 29.3 Å². The lowest BCUT2D eigenvalue weighted by Crippen LogP contribution is -2.26. The Morgan fingerprint density at radius 3 is 2.86 bits per heavy atom. The highest BCUT2D eigenvalue weighted by molar-refractivity contribution is 6.42. The number of hydrogen-bond donors (Lipinski definition) is 1. The smallest absolute Gasteiger partial charge is 0.406 e. The van der Waals surface area contributed by atoms with Gasteiger partial charge in [-0.05, 0) is 22.9 Å². The van der Waals surface area contributed by atoms with Gasteiger partial charge in [-0.15, -0.1) is 10.2 Å². The van der Waals surface area contributed by atoms with Gasteiger partial charge in [0, 0.05) is 13.5 Å². The van der Waals surface area contributed by atoms with Crippen molar-refractivity contribution in [3.8, 4) is 0 Å². The lowest BCUT2D eigenvalue weighted by Gasteiger charge is -2.16. The molecule has 112 valence electrons. The molecule has 0 fully saturated rings. The minimum absolute atomic E-state index is 0.107. The number of nitrogens with one attached hydrogen (secondary N) is 1. The molecular formula is C12H13Cl2N5O2. The Morgan fingerprint density at radius 1 is 1.43 bits per heavy atom. The standard InChI is InChI=1S/C12H13Cl2N5O2/c1-15-12(20)21-6-9(19-17-7-16-18-19)4-8-2-3-10(13)11(14)5-8/h2-3,5,7,9H,4,6H2,1H3,(H,15,20). The van der Waals surface area contributed by atoms with Crippen molar-refractivity contribution in [1.29, 1.82) is 0 Å². The predicted octanol–water partition coefficient (Wildman–Crippen LogP) is 2.12. The van der Waals surface area contributed by atoms with Crippen LogP contribution in [0.25, 0.3) is 0 Å². The van der Waals surface area contributed by atoms with E-state index in [1.807, 2.05) is 6.07 Å². The predicted molar refractivity (Wildman–Crippen MR) is 77.4 cm³/mol. The molecule has 2 aromatic rings. The zero-order valence-electron chi connectivity index (χ0n) is 11.2. The van der Waals surface area contributed by atoms with Gasteiger partial charge in [0.2, 0.25) is 0 Å². The molecule has 0 bridgehead atoms. The normalized spacial score (nSPS) is 12.0. The Labute approximate surface area is 131 Å². The molecule has 1 aromatic carbocycles. The minimum atomic E-state index is -0.519. The third-order valence-electron chi connectivity index (χ3n) is 2.76. The Hall–Kier alpha value is -1.86. The van der Waals surface area contributed by atoms with Gasteiger partial charge < -0.3 is 10.1 Å². The van der Waals surface area contributed by atoms with Crippen molar-refractivity contribution < 1.29 is 9.53 Å². The molecule has 0 spiro atoms. The third-order valence-corrected chi connectivity index (χ3v) is 3.50. The number of rotatable bonds is 5. The molecule has 1 amide bonds. The molecule has 21 heavy (non-hydrogen) atoms. The number of benzene rings is 1. The molecular weight excluding hydrogens is 317 g/mol. The van der Waals surface area contributed by atoms with Gasteiger partial charge in [0.25, 0.3) is 0 Å². The molecule has 1 N–H and O–H groups in total. The highest BCUT2D eigenvalue weighted by atomic mass is 35.5. The van der Waals surface area contributed by atoms with Crippen LogP contribution in [-0.2, 0) is 11.2 Å². The number of carbonyl (C=O) groups excluding carboxylic acids is 1. The summed E-state index contributed by atoms with van der Waals surface area (Å²) in [5.74, 6) is 0. The summed E-state index contributed by atoms with van der Waals surface area (Å²) < 4.78 is 5.07. The van der Waals surface area contributed by atoms with Crippen LogP contribution in [0.3, 0.4) is 0 Å². The molecule has 2 rings (SSSR count). The maximum Gasteiger partial charge on any atom is 0.406 e. The van der Waals surface area contributed by atoms with Crippen LogP contribution >= 0.6 is 23.2 Å². The number of alkyl carbamates (subject to hydrolysis) is 1. The average Bonchev–Trinajstić information content (AvgIpc) is 3.00. The first-order valence-corrected chi connectivity index (χ1v) is 6.86. The Bertz CT molecular complexity index is 606. The Kier molecular flexibility index (Phi) is 5.35. The summed E-state index contributed by atoms with van der Waals surface area (Å²) in [6.07, 6.45) is 1.32. The lowest BCUT2D eigenvalue weighted by molar-refractivity contribution is 0.123. The van der Waals surface area contributed by atoms with Crippen LogP contribution in [0.1, 0.15) is 11.6 Å². The van der Waals surface area contributed by atoms with Crippen molar-refractivity contribution in [3.05, 3.63) is 40.1 Å². The summed E-state index contributed by atoms with van der Waals surface area (Å²) in [6, 6.07) is 5.03. The molecule has 0 aliphatic carbocycles. The van der Waals surface area contributed by atoms with Gasteiger partial charge in [-0.3, -0.25) is 0 Å². The molecule has 9 heteroatoms. The van der Waals surface area contributed by atoms with Gasteiger partial charge in [0.1, 0.15) is 12.6 Å². The summed E-state index contributed by atoms with van der Waals surface area (Å²) >= 11 is 11.9. The van der Waals surface area contributed by atoms with E-state index in [4.69, 9.17) is 27.9 Å². The summed E-state index contributed by atoms with van der Waals surface area (Å²) in [6.45, 7) is 0.107. The summed E-state index contributed by atoms with van der Waals surface area (Å²) in [7, 11) is 1.49. The van der Waals surface area contributed by atoms with Crippen LogP contribution in [0.5, 0.6) is 0 Å². The zero-order valence-corrected chi connectivity index (χ0v) is 12.7. The largest absolute Gasteiger partial charge is 0.447 e. The van der Waals surface area contributed by atoms with Gasteiger partial charge in [-0.25, -0.2) is 4.79 Å². The number of carbonyl (C=O) groups is 1. The molecule has 1 unspecified atom stereocenters. The van der Waals surface area contributed by atoms with Gasteiger partial charge in [-0.2, -0.15) is 4.80 Å². The number of tetrazole rings is 1. The topological polar surface area (TPSA) is 81.9 Å². The molecule has 0 aliphatic heterocycles. The van der Waals surface area contributed by atoms with Crippen molar-refractivity contribution in [3.63, 3.8) is 0 Å². The first-order valence-electron chi connectivity index (χ1n) is 6.11. The monoisotopic (exact) mass is 329 g/mol. The number of ether oxygens (including phenoxy) is 1. The SMILES string of the molecule is CNC(=O)OCC(Cc1ccc(Cl)c(Cl)c1)n1ncnn1. The molecule has 0 aliphatic rings. The van der Waals surface area contributed by atoms with Crippen molar-refractivity contribution in [2.45, 2.75) is 12.5 Å². The van der Waals surface area contributed by atoms with E-state index >= 15 is 0 Å². The van der Waals surface area contributed by atoms with Crippen LogP contribution in [0.2, 0.25) is 10.0 Å². The quantitative estimate of drug-likeness (QED) is 0.908. The van der Waals surface area contributed by atoms with Crippen molar-refractivity contribution in [2.24, 2.45) is 0 Å². The number of amides is 1. The Morgan fingerprint density at radius 2 is 2.24 bits per heavy atom. The first-order chi connectivity index (χ1) is 10.1. The second-order valence-corrected chi connectivity index (χ2v) is 5.03. The van der Waals surface area contributed by atoms with Crippen LogP contribution in [0.4, 0.5) is 4.79 Å². The van der Waals surface area contributed by atoms with E-state index in [1.165, 1.54) is 18.2 Å². The summed E-state index contributed by atoms with van der Waals surface area (Å²) in [4.78, 5) is 12.6. The van der Waals surface area contributed by atoms with Crippen molar-refractivity contribution in [1.82, 2.24) is 25.5 Å². The van der Waals surface area contributed by atoms with E-state index in [9.17, 15) is 4.79 Å². The second-order valence-electron chi connectivity index (χ2n) is 4.21. The highest BCUT2D eigenvalue weighted by Crippen LogP contribution is 2.24. The van der Waals surface area contributed by atoms with Crippen molar-refractivity contribution >= 4 is 29.3 Å². The van der Waals surface area contributed by atoms with Crippen LogP contribution in [0, 0.1) is 0 Å². The van der Waals surface area contributed by atoms with E-state index in [-0.39, 0.29) is 12.6 Å². The van der Waals surface area contributed by atoms with Gasteiger partial charge in [0.05, 0.1) is 10.0 Å². The molecule has 0 radical (unpaired) electrons. The van der Waals surface area contributed by atoms with Gasteiger partial charge >= 0.3 is 6.09 Å². The van der Waals surface area contributed by atoms with Crippen molar-refractivity contribution in [2.75, 3.05) is 13.7 Å². The highest BCUT2D eigenvalue weighted by Gasteiger charge is 2.17. The molecule has 1 heterocycles. The molecule has 1 aromatic heterocycles. The number of halogens is 2. The number of hydrogen-bond acceptors (Lipinski definition) is 5. The van der Waals surface area contributed by atoms with E-state index in [0.717, 1.165) is 5.56 Å². The van der Waals surface area contributed by atoms with E-state index in [2.05, 4.69) is 20.7 Å². The zero-order chi connectivity index (χ0) is 15.2.